The van der Waals surface area contributed by atoms with E-state index in [0.29, 0.717) is 18.8 Å². The summed E-state index contributed by atoms with van der Waals surface area (Å²) in [7, 11) is 0. The minimum atomic E-state index is -0.155. The van der Waals surface area contributed by atoms with Crippen LogP contribution < -0.4 is 9.47 Å². The van der Waals surface area contributed by atoms with Gasteiger partial charge in [-0.3, -0.25) is 0 Å². The number of ether oxygens (including phenoxy) is 2. The summed E-state index contributed by atoms with van der Waals surface area (Å²) in [6.45, 7) is 6.86. The third-order valence-corrected chi connectivity index (χ3v) is 5.74. The van der Waals surface area contributed by atoms with Crippen molar-refractivity contribution in [3.63, 3.8) is 0 Å². The topological polar surface area (TPSA) is 58.9 Å². The van der Waals surface area contributed by atoms with Crippen LogP contribution in [0.1, 0.15) is 62.3 Å². The van der Waals surface area contributed by atoms with E-state index in [0.717, 1.165) is 35.3 Å². The van der Waals surface area contributed by atoms with E-state index in [2.05, 4.69) is 32.9 Å². The maximum Gasteiger partial charge on any atom is 0.138 e. The van der Waals surface area contributed by atoms with E-state index in [1.165, 1.54) is 11.1 Å². The van der Waals surface area contributed by atoms with Gasteiger partial charge in [-0.1, -0.05) is 29.4 Å². The van der Waals surface area contributed by atoms with Crippen molar-refractivity contribution in [2.24, 2.45) is 0 Å². The summed E-state index contributed by atoms with van der Waals surface area (Å²) in [5.41, 5.74) is 5.49. The smallest absolute Gasteiger partial charge is 0.138 e. The molecule has 0 bridgehead atoms. The van der Waals surface area contributed by atoms with Crippen LogP contribution in [0.15, 0.2) is 53.6 Å². The van der Waals surface area contributed by atoms with Crippen molar-refractivity contribution in [3.05, 3.63) is 70.3 Å². The van der Waals surface area contributed by atoms with Crippen molar-refractivity contribution in [3.8, 4) is 23.0 Å². The van der Waals surface area contributed by atoms with Crippen molar-refractivity contribution >= 4 is 0 Å². The van der Waals surface area contributed by atoms with Gasteiger partial charge < -0.3 is 19.7 Å². The lowest BCUT2D eigenvalue weighted by molar-refractivity contribution is 0.138. The number of hydrogen-bond acceptors (Lipinski definition) is 4. The van der Waals surface area contributed by atoms with Gasteiger partial charge in [0.15, 0.2) is 0 Å². The molecule has 2 aliphatic heterocycles. The van der Waals surface area contributed by atoms with Gasteiger partial charge in [-0.25, -0.2) is 0 Å². The Bertz CT molecular complexity index is 983. The largest absolute Gasteiger partial charge is 0.508 e. The maximum absolute atomic E-state index is 10.5. The molecule has 4 heteroatoms. The van der Waals surface area contributed by atoms with E-state index in [1.54, 1.807) is 18.2 Å². The van der Waals surface area contributed by atoms with Gasteiger partial charge in [0.1, 0.15) is 29.1 Å². The fourth-order valence-electron chi connectivity index (χ4n) is 4.12. The highest BCUT2D eigenvalue weighted by Crippen LogP contribution is 2.53. The summed E-state index contributed by atoms with van der Waals surface area (Å²) < 4.78 is 12.3. The zero-order valence-electron chi connectivity index (χ0n) is 17.2. The van der Waals surface area contributed by atoms with Crippen molar-refractivity contribution in [1.29, 1.82) is 0 Å². The lowest BCUT2D eigenvalue weighted by atomic mass is 9.88. The van der Waals surface area contributed by atoms with Gasteiger partial charge >= 0.3 is 0 Å². The summed E-state index contributed by atoms with van der Waals surface area (Å²) in [5.74, 6) is 1.98. The maximum atomic E-state index is 10.5. The third kappa shape index (κ3) is 3.84. The monoisotopic (exact) mass is 392 g/mol. The number of aromatic hydroxyl groups is 2. The molecule has 0 aromatic heterocycles. The highest BCUT2D eigenvalue weighted by atomic mass is 16.5. The minimum absolute atomic E-state index is 0.0872. The molecule has 2 atom stereocenters. The Morgan fingerprint density at radius 2 is 1.86 bits per heavy atom. The van der Waals surface area contributed by atoms with Crippen LogP contribution in [-0.2, 0) is 6.42 Å². The van der Waals surface area contributed by atoms with Gasteiger partial charge in [0.2, 0.25) is 0 Å². The molecular weight excluding hydrogens is 364 g/mol. The SMILES string of the molecule is CC(C)=CCCC(C)=CCc1c(O)ccc2c1OC1c3ccc(O)cc3OCC21. The molecule has 0 spiro atoms. The van der Waals surface area contributed by atoms with Crippen LogP contribution in [0.3, 0.4) is 0 Å². The summed E-state index contributed by atoms with van der Waals surface area (Å²) in [6, 6.07) is 8.86. The fourth-order valence-corrected chi connectivity index (χ4v) is 4.12. The van der Waals surface area contributed by atoms with Crippen molar-refractivity contribution in [2.45, 2.75) is 52.1 Å². The fraction of sp³-hybridized carbons (Fsp3) is 0.360. The van der Waals surface area contributed by atoms with Crippen LogP contribution in [0.5, 0.6) is 23.0 Å². The molecule has 4 nitrogen and oxygen atoms in total. The van der Waals surface area contributed by atoms with Gasteiger partial charge in [-0.2, -0.15) is 0 Å². The van der Waals surface area contributed by atoms with E-state index in [-0.39, 0.29) is 23.5 Å². The summed E-state index contributed by atoms with van der Waals surface area (Å²) in [6.07, 6.45) is 6.96. The van der Waals surface area contributed by atoms with E-state index in [4.69, 9.17) is 9.47 Å². The predicted octanol–water partition coefficient (Wildman–Crippen LogP) is 5.94. The molecule has 0 radical (unpaired) electrons. The molecule has 2 unspecified atom stereocenters. The molecule has 4 rings (SSSR count). The molecule has 152 valence electrons. The minimum Gasteiger partial charge on any atom is -0.508 e. The number of fused-ring (bicyclic) bond motifs is 5. The number of phenolic OH excluding ortho intramolecular Hbond substituents is 2. The van der Waals surface area contributed by atoms with Gasteiger partial charge in [-0.05, 0) is 58.2 Å². The number of rotatable bonds is 5. The van der Waals surface area contributed by atoms with Gasteiger partial charge in [0.05, 0.1) is 12.5 Å². The average molecular weight is 392 g/mol. The zero-order valence-corrected chi connectivity index (χ0v) is 17.2. The molecule has 0 amide bonds. The molecule has 0 aliphatic carbocycles. The lowest BCUT2D eigenvalue weighted by Gasteiger charge is -2.27. The Morgan fingerprint density at radius 1 is 1.07 bits per heavy atom. The predicted molar refractivity (Wildman–Crippen MR) is 114 cm³/mol. The third-order valence-electron chi connectivity index (χ3n) is 5.74. The van der Waals surface area contributed by atoms with E-state index < -0.39 is 0 Å². The Hall–Kier alpha value is -2.88. The molecule has 2 aliphatic rings. The number of phenols is 2. The molecule has 0 saturated heterocycles. The molecule has 2 heterocycles. The molecule has 2 aromatic carbocycles. The van der Waals surface area contributed by atoms with E-state index >= 15 is 0 Å². The summed E-state index contributed by atoms with van der Waals surface area (Å²) in [4.78, 5) is 0. The van der Waals surface area contributed by atoms with Crippen LogP contribution in [0, 0.1) is 0 Å². The van der Waals surface area contributed by atoms with Gasteiger partial charge in [0, 0.05) is 22.8 Å². The van der Waals surface area contributed by atoms with Crippen molar-refractivity contribution < 1.29 is 19.7 Å². The highest BCUT2D eigenvalue weighted by Gasteiger charge is 2.42. The van der Waals surface area contributed by atoms with E-state index in [1.807, 2.05) is 12.1 Å². The first-order chi connectivity index (χ1) is 13.9. The second-order valence-electron chi connectivity index (χ2n) is 8.23. The Kier molecular flexibility index (Phi) is 5.27. The first kappa shape index (κ1) is 19.4. The van der Waals surface area contributed by atoms with Crippen LogP contribution in [0.4, 0.5) is 0 Å². The summed E-state index contributed by atoms with van der Waals surface area (Å²) in [5, 5.41) is 20.3. The standard InChI is InChI=1S/C25H28O4/c1-15(2)5-4-6-16(3)7-9-19-22(27)12-11-18-21-14-28-23-13-17(26)8-10-20(23)25(21)29-24(18)19/h5,7-8,10-13,21,25-27H,4,6,9,14H2,1-3H3. The first-order valence-corrected chi connectivity index (χ1v) is 10.2. The first-order valence-electron chi connectivity index (χ1n) is 10.2. The van der Waals surface area contributed by atoms with Gasteiger partial charge in [-0.15, -0.1) is 0 Å². The second kappa shape index (κ2) is 7.86. The average Bonchev–Trinajstić information content (AvgIpc) is 3.05. The van der Waals surface area contributed by atoms with Crippen LogP contribution >= 0.6 is 0 Å². The Labute approximate surface area is 172 Å². The number of hydrogen-bond donors (Lipinski definition) is 2. The Balaban J connectivity index is 1.59. The normalized spacial score (nSPS) is 19.5. The van der Waals surface area contributed by atoms with Crippen molar-refractivity contribution in [1.82, 2.24) is 0 Å². The van der Waals surface area contributed by atoms with Crippen LogP contribution in [0.2, 0.25) is 0 Å². The number of benzene rings is 2. The second-order valence-corrected chi connectivity index (χ2v) is 8.23. The number of allylic oxidation sites excluding steroid dienone is 4. The zero-order chi connectivity index (χ0) is 20.5. The highest BCUT2D eigenvalue weighted by molar-refractivity contribution is 5.57. The quantitative estimate of drug-likeness (QED) is 0.618. The molecule has 0 saturated carbocycles. The van der Waals surface area contributed by atoms with Crippen LogP contribution in [-0.4, -0.2) is 16.8 Å². The molecular formula is C25H28O4. The molecule has 29 heavy (non-hydrogen) atoms. The van der Waals surface area contributed by atoms with E-state index in [9.17, 15) is 10.2 Å². The molecule has 2 aromatic rings. The lowest BCUT2D eigenvalue weighted by Crippen LogP contribution is -2.22. The van der Waals surface area contributed by atoms with Gasteiger partial charge in [0.25, 0.3) is 0 Å². The van der Waals surface area contributed by atoms with Crippen LogP contribution in [0.25, 0.3) is 0 Å². The molecule has 2 N–H and O–H groups in total. The Morgan fingerprint density at radius 3 is 2.66 bits per heavy atom. The van der Waals surface area contributed by atoms with Crippen molar-refractivity contribution in [2.75, 3.05) is 6.61 Å². The molecule has 0 fully saturated rings. The summed E-state index contributed by atoms with van der Waals surface area (Å²) >= 11 is 0.